The normalized spacial score (nSPS) is 15.9. The van der Waals surface area contributed by atoms with Gasteiger partial charge in [-0.3, -0.25) is 19.4 Å². The van der Waals surface area contributed by atoms with Crippen molar-refractivity contribution in [1.82, 2.24) is 0 Å². The van der Waals surface area contributed by atoms with E-state index in [0.29, 0.717) is 6.17 Å². The standard InChI is InChI=1S/C64H66N3O2/c1-38(2)46-21-17-22-47(39(3)4)60(46)66-58(68)37-59(69)67(61-48(40(5)6)23-18-24-49(61)41(7)8)62(66)42-27-29-43(30-28-42)65(44-32-34-56-53(35-44)51-20-14-16-26-55(51)63(56,9)10)45-31-33-52-50-19-13-15-25-54(50)64(11,12)57(52)36-45/h13-36,38-41H,37H2,1-12H3. The number of hydrogen-bond donors (Lipinski definition) is 0. The van der Waals surface area contributed by atoms with Crippen molar-refractivity contribution in [2.75, 3.05) is 14.7 Å². The Balaban J connectivity index is 1.20. The van der Waals surface area contributed by atoms with Crippen LogP contribution in [-0.4, -0.2) is 11.8 Å². The van der Waals surface area contributed by atoms with Gasteiger partial charge in [-0.1, -0.05) is 192 Å². The molecule has 2 amide bonds. The van der Waals surface area contributed by atoms with Crippen LogP contribution in [0.5, 0.6) is 0 Å². The summed E-state index contributed by atoms with van der Waals surface area (Å²) in [6.07, 6.45) is 0.341. The Hall–Kier alpha value is -6.72. The van der Waals surface area contributed by atoms with Crippen molar-refractivity contribution in [1.29, 1.82) is 0 Å². The number of benzene rings is 7. The van der Waals surface area contributed by atoms with Crippen LogP contribution in [0.3, 0.4) is 0 Å². The predicted molar refractivity (Wildman–Crippen MR) is 287 cm³/mol. The maximum absolute atomic E-state index is 15.0. The van der Waals surface area contributed by atoms with Gasteiger partial charge < -0.3 is 4.90 Å². The molecule has 1 fully saturated rings. The molecular formula is C64H66N3O2. The summed E-state index contributed by atoms with van der Waals surface area (Å²) < 4.78 is 0. The average molecular weight is 909 g/mol. The van der Waals surface area contributed by atoms with E-state index in [1.807, 2.05) is 9.80 Å². The van der Waals surface area contributed by atoms with Crippen LogP contribution in [0.1, 0.15) is 163 Å². The molecule has 0 aromatic heterocycles. The maximum atomic E-state index is 15.0. The van der Waals surface area contributed by atoms with Crippen LogP contribution in [0, 0.1) is 6.17 Å². The summed E-state index contributed by atoms with van der Waals surface area (Å²) in [7, 11) is 0. The molecule has 3 aliphatic rings. The molecule has 0 spiro atoms. The van der Waals surface area contributed by atoms with Gasteiger partial charge in [0.15, 0.2) is 0 Å². The zero-order chi connectivity index (χ0) is 48.8. The Morgan fingerprint density at radius 3 is 1.29 bits per heavy atom. The molecule has 5 nitrogen and oxygen atoms in total. The Bertz CT molecular complexity index is 3040. The number of hydrogen-bond acceptors (Lipinski definition) is 3. The maximum Gasteiger partial charge on any atom is 0.238 e. The number of amides is 2. The monoisotopic (exact) mass is 909 g/mol. The first kappa shape index (κ1) is 46.0. The number of rotatable bonds is 10. The van der Waals surface area contributed by atoms with E-state index in [4.69, 9.17) is 0 Å². The number of carbonyl (C=O) groups is 2. The van der Waals surface area contributed by atoms with Crippen molar-refractivity contribution >= 4 is 40.3 Å². The molecule has 0 N–H and O–H groups in total. The summed E-state index contributed by atoms with van der Waals surface area (Å²) in [4.78, 5) is 36.2. The second kappa shape index (κ2) is 17.1. The first-order valence-electron chi connectivity index (χ1n) is 25.1. The van der Waals surface area contributed by atoms with Crippen LogP contribution in [0.15, 0.2) is 146 Å². The smallest absolute Gasteiger partial charge is 0.238 e. The Morgan fingerprint density at radius 1 is 0.406 bits per heavy atom. The molecule has 1 radical (unpaired) electrons. The lowest BCUT2D eigenvalue weighted by Gasteiger charge is -2.45. The first-order chi connectivity index (χ1) is 32.9. The lowest BCUT2D eigenvalue weighted by atomic mass is 9.82. The van der Waals surface area contributed by atoms with Crippen LogP contribution in [-0.2, 0) is 20.4 Å². The minimum atomic E-state index is -0.236. The summed E-state index contributed by atoms with van der Waals surface area (Å²) in [5.41, 5.74) is 20.0. The third kappa shape index (κ3) is 7.34. The van der Waals surface area contributed by atoms with E-state index in [0.717, 1.165) is 56.3 Å². The highest BCUT2D eigenvalue weighted by Crippen LogP contribution is 2.54. The van der Waals surface area contributed by atoms with Crippen molar-refractivity contribution in [3.63, 3.8) is 0 Å². The Morgan fingerprint density at radius 2 is 0.797 bits per heavy atom. The molecule has 69 heavy (non-hydrogen) atoms. The summed E-state index contributed by atoms with van der Waals surface area (Å²) >= 11 is 0. The summed E-state index contributed by atoms with van der Waals surface area (Å²) in [6, 6.07) is 52.9. The van der Waals surface area contributed by atoms with Gasteiger partial charge in [0.1, 0.15) is 6.42 Å². The van der Waals surface area contributed by atoms with Gasteiger partial charge in [0.05, 0.1) is 11.4 Å². The lowest BCUT2D eigenvalue weighted by Crippen LogP contribution is -2.55. The predicted octanol–water partition coefficient (Wildman–Crippen LogP) is 16.6. The number of fused-ring (bicyclic) bond motifs is 6. The fourth-order valence-electron chi connectivity index (χ4n) is 11.8. The molecule has 1 saturated heterocycles. The van der Waals surface area contributed by atoms with Gasteiger partial charge in [0, 0.05) is 33.5 Å². The molecule has 349 valence electrons. The zero-order valence-corrected chi connectivity index (χ0v) is 42.5. The minimum Gasteiger partial charge on any atom is -0.310 e. The first-order valence-corrected chi connectivity index (χ1v) is 25.1. The van der Waals surface area contributed by atoms with Crippen molar-refractivity contribution in [2.24, 2.45) is 0 Å². The second-order valence-electron chi connectivity index (χ2n) is 21.8. The zero-order valence-electron chi connectivity index (χ0n) is 42.5. The topological polar surface area (TPSA) is 43.9 Å². The highest BCUT2D eigenvalue weighted by molar-refractivity contribution is 6.18. The Labute approximate surface area is 410 Å². The quantitative estimate of drug-likeness (QED) is 0.128. The van der Waals surface area contributed by atoms with Crippen LogP contribution in [0.2, 0.25) is 0 Å². The van der Waals surface area contributed by atoms with Crippen molar-refractivity contribution < 1.29 is 9.59 Å². The fourth-order valence-corrected chi connectivity index (χ4v) is 11.8. The molecule has 2 aliphatic carbocycles. The van der Waals surface area contributed by atoms with Crippen LogP contribution in [0.4, 0.5) is 28.4 Å². The van der Waals surface area contributed by atoms with Gasteiger partial charge >= 0.3 is 0 Å². The van der Waals surface area contributed by atoms with E-state index in [-0.39, 0.29) is 52.7 Å². The van der Waals surface area contributed by atoms with Gasteiger partial charge in [-0.05, 0) is 127 Å². The van der Waals surface area contributed by atoms with E-state index in [1.54, 1.807) is 0 Å². The highest BCUT2D eigenvalue weighted by atomic mass is 16.2. The van der Waals surface area contributed by atoms with Crippen molar-refractivity contribution in [3.8, 4) is 22.3 Å². The molecule has 10 rings (SSSR count). The van der Waals surface area contributed by atoms with Gasteiger partial charge in [-0.2, -0.15) is 0 Å². The van der Waals surface area contributed by atoms with Crippen LogP contribution >= 0.6 is 0 Å². The molecule has 1 heterocycles. The number of nitrogens with zero attached hydrogens (tertiary/aromatic N) is 3. The molecule has 0 saturated carbocycles. The van der Waals surface area contributed by atoms with E-state index in [2.05, 4.69) is 234 Å². The second-order valence-corrected chi connectivity index (χ2v) is 21.8. The molecule has 7 aromatic rings. The van der Waals surface area contributed by atoms with Crippen LogP contribution in [0.25, 0.3) is 22.3 Å². The fraction of sp³-hybridized carbons (Fsp3) is 0.297. The Kier molecular flexibility index (Phi) is 11.4. The molecule has 7 aromatic carbocycles. The molecule has 1 aliphatic heterocycles. The molecule has 5 heteroatoms. The van der Waals surface area contributed by atoms with Gasteiger partial charge in [-0.25, -0.2) is 0 Å². The highest BCUT2D eigenvalue weighted by Gasteiger charge is 2.46. The van der Waals surface area contributed by atoms with E-state index >= 15 is 9.59 Å². The summed E-state index contributed by atoms with van der Waals surface area (Å²) in [6.45, 7) is 26.8. The minimum absolute atomic E-state index is 0.124. The summed E-state index contributed by atoms with van der Waals surface area (Å²) in [5.74, 6) is 0.0573. The molecule has 0 atom stereocenters. The molecule has 0 bridgehead atoms. The largest absolute Gasteiger partial charge is 0.310 e. The summed E-state index contributed by atoms with van der Waals surface area (Å²) in [5, 5.41) is 0. The van der Waals surface area contributed by atoms with Crippen LogP contribution < -0.4 is 14.7 Å². The molecular weight excluding hydrogens is 843 g/mol. The van der Waals surface area contributed by atoms with Gasteiger partial charge in [-0.15, -0.1) is 0 Å². The third-order valence-electron chi connectivity index (χ3n) is 15.4. The van der Waals surface area contributed by atoms with Crippen molar-refractivity contribution in [3.05, 3.63) is 202 Å². The number of para-hydroxylation sites is 2. The van der Waals surface area contributed by atoms with Gasteiger partial charge in [0.2, 0.25) is 18.0 Å². The van der Waals surface area contributed by atoms with E-state index < -0.39 is 0 Å². The van der Waals surface area contributed by atoms with Crippen molar-refractivity contribution in [2.45, 2.75) is 124 Å². The van der Waals surface area contributed by atoms with E-state index in [9.17, 15) is 0 Å². The SMILES string of the molecule is CC(C)c1cccc(C(C)C)c1N1[C](c2ccc(N(c3ccc4c(c3)-c3ccccc3C4(C)C)c3ccc4c(c3)C(C)(C)c3ccccc3-4)cc2)N(c2c(C(C)C)cccc2C(C)C)C(=O)CC1=O. The molecule has 0 unspecified atom stereocenters. The van der Waals surface area contributed by atoms with Gasteiger partial charge in [0.25, 0.3) is 0 Å². The lowest BCUT2D eigenvalue weighted by molar-refractivity contribution is -0.128. The van der Waals surface area contributed by atoms with E-state index in [1.165, 1.54) is 44.5 Å². The third-order valence-corrected chi connectivity index (χ3v) is 15.4. The number of carbonyl (C=O) groups excluding carboxylic acids is 2. The average Bonchev–Trinajstić information content (AvgIpc) is 3.70. The number of anilines is 5.